The van der Waals surface area contributed by atoms with Crippen molar-refractivity contribution in [1.82, 2.24) is 0 Å². The van der Waals surface area contributed by atoms with Crippen molar-refractivity contribution < 1.29 is 37.7 Å². The molecule has 4 rings (SSSR count). The van der Waals surface area contributed by atoms with Gasteiger partial charge in [-0.1, -0.05) is 0 Å². The first-order valence-electron chi connectivity index (χ1n) is 8.17. The number of hydrogen-bond donors (Lipinski definition) is 1. The van der Waals surface area contributed by atoms with Crippen LogP contribution >= 0.6 is 23.5 Å². The number of fused-ring (bicyclic) bond motifs is 3. The minimum Gasteiger partial charge on any atom is -0.458 e. The highest BCUT2D eigenvalue weighted by molar-refractivity contribution is 8.22. The molecule has 0 aromatic carbocycles. The normalized spacial score (nSPS) is 46.0. The molecule has 4 aliphatic rings. The lowest BCUT2D eigenvalue weighted by Crippen LogP contribution is -2.36. The summed E-state index contributed by atoms with van der Waals surface area (Å²) in [5.74, 6) is -5.85. The first-order chi connectivity index (χ1) is 11.7. The van der Waals surface area contributed by atoms with Crippen LogP contribution in [-0.4, -0.2) is 56.2 Å². The number of ether oxygens (including phenoxy) is 3. The van der Waals surface area contributed by atoms with Gasteiger partial charge in [0.1, 0.15) is 23.6 Å². The number of aliphatic hydroxyl groups is 1. The van der Waals surface area contributed by atoms with Crippen LogP contribution in [0.15, 0.2) is 0 Å². The Morgan fingerprint density at radius 2 is 2.04 bits per heavy atom. The lowest BCUT2D eigenvalue weighted by Gasteiger charge is -2.36. The fourth-order valence-corrected chi connectivity index (χ4v) is 7.91. The highest BCUT2D eigenvalue weighted by atomic mass is 32.2. The van der Waals surface area contributed by atoms with Gasteiger partial charge in [0, 0.05) is 6.92 Å². The number of hydrogen-bond acceptors (Lipinski definition) is 8. The number of alkyl halides is 2. The summed E-state index contributed by atoms with van der Waals surface area (Å²) in [6.07, 6.45) is 0.0553. The van der Waals surface area contributed by atoms with Gasteiger partial charge in [0.05, 0.1) is 9.33 Å². The summed E-state index contributed by atoms with van der Waals surface area (Å²) in [6, 6.07) is 0. The third kappa shape index (κ3) is 3.04. The van der Waals surface area contributed by atoms with Crippen molar-refractivity contribution in [3.63, 3.8) is 0 Å². The van der Waals surface area contributed by atoms with E-state index in [1.54, 1.807) is 23.5 Å². The Labute approximate surface area is 151 Å². The van der Waals surface area contributed by atoms with Gasteiger partial charge in [0.2, 0.25) is 6.29 Å². The van der Waals surface area contributed by atoms with Crippen molar-refractivity contribution in [2.45, 2.75) is 71.8 Å². The Bertz CT molecular complexity index is 589. The number of thioether (sulfide) groups is 2. The maximum atomic E-state index is 13.0. The zero-order valence-electron chi connectivity index (χ0n) is 13.4. The number of esters is 2. The summed E-state index contributed by atoms with van der Waals surface area (Å²) in [4.78, 5) is 23.3. The molecule has 3 heterocycles. The number of aliphatic hydroxyl groups excluding tert-OH is 1. The highest BCUT2D eigenvalue weighted by Gasteiger charge is 2.64. The molecule has 1 N–H and O–H groups in total. The molecule has 1 saturated carbocycles. The molecule has 10 heteroatoms. The van der Waals surface area contributed by atoms with E-state index < -0.39 is 42.3 Å². The van der Waals surface area contributed by atoms with Gasteiger partial charge >= 0.3 is 17.9 Å². The molecule has 1 spiro atoms. The Hall–Kier alpha value is -0.580. The van der Waals surface area contributed by atoms with E-state index in [0.29, 0.717) is 32.6 Å². The third-order valence-electron chi connectivity index (χ3n) is 5.07. The minimum atomic E-state index is -3.48. The fraction of sp³-hybridized carbons (Fsp3) is 0.867. The zero-order valence-corrected chi connectivity index (χ0v) is 15.0. The molecule has 0 aromatic rings. The summed E-state index contributed by atoms with van der Waals surface area (Å²) < 4.78 is 41.3. The van der Waals surface area contributed by atoms with Crippen LogP contribution in [0.25, 0.3) is 0 Å². The van der Waals surface area contributed by atoms with Crippen molar-refractivity contribution in [2.24, 2.45) is 5.92 Å². The quantitative estimate of drug-likeness (QED) is 0.709. The summed E-state index contributed by atoms with van der Waals surface area (Å²) in [5, 5.41) is 9.63. The van der Waals surface area contributed by atoms with Crippen LogP contribution in [0, 0.1) is 5.92 Å². The monoisotopic (exact) mass is 396 g/mol. The van der Waals surface area contributed by atoms with Crippen LogP contribution in [0.3, 0.4) is 0 Å². The van der Waals surface area contributed by atoms with Gasteiger partial charge in [0.15, 0.2) is 0 Å². The topological polar surface area (TPSA) is 82.1 Å². The molecular formula is C15H18F2O6S2. The van der Waals surface area contributed by atoms with Crippen molar-refractivity contribution in [3.8, 4) is 0 Å². The van der Waals surface area contributed by atoms with Gasteiger partial charge in [-0.25, -0.2) is 4.79 Å². The molecule has 0 aromatic heterocycles. The first kappa shape index (κ1) is 17.8. The number of rotatable bonds is 2. The maximum Gasteiger partial charge on any atom is 0.376 e. The van der Waals surface area contributed by atoms with E-state index in [-0.39, 0.29) is 14.8 Å². The van der Waals surface area contributed by atoms with E-state index >= 15 is 0 Å². The lowest BCUT2D eigenvalue weighted by atomic mass is 9.96. The SMILES string of the molecule is CC(F)(F)C(=O)OC1CCC2(CC1)SC1OC3C(O)OC(=O)C3C1S2. The zero-order chi connectivity index (χ0) is 18.0. The van der Waals surface area contributed by atoms with Crippen molar-refractivity contribution in [1.29, 1.82) is 0 Å². The predicted molar refractivity (Wildman–Crippen MR) is 84.9 cm³/mol. The van der Waals surface area contributed by atoms with Crippen molar-refractivity contribution in [2.75, 3.05) is 0 Å². The van der Waals surface area contributed by atoms with Gasteiger partial charge in [-0.15, -0.1) is 23.5 Å². The Morgan fingerprint density at radius 1 is 1.36 bits per heavy atom. The van der Waals surface area contributed by atoms with Gasteiger partial charge < -0.3 is 19.3 Å². The van der Waals surface area contributed by atoms with E-state index in [1.807, 2.05) is 0 Å². The largest absolute Gasteiger partial charge is 0.458 e. The molecule has 3 saturated heterocycles. The standard InChI is InChI=1S/C15H18F2O6S2/c1-14(16,17)13(20)21-6-2-4-15(5-3-6)24-9-7-8(22-12(9)25-15)11(19)23-10(7)18/h6-9,11-12,19H,2-5H2,1H3. The van der Waals surface area contributed by atoms with Gasteiger partial charge in [0.25, 0.3) is 0 Å². The summed E-state index contributed by atoms with van der Waals surface area (Å²) >= 11 is 3.28. The van der Waals surface area contributed by atoms with Crippen LogP contribution in [0.2, 0.25) is 0 Å². The molecular weight excluding hydrogens is 378 g/mol. The number of halogens is 2. The summed E-state index contributed by atoms with van der Waals surface area (Å²) in [7, 11) is 0. The van der Waals surface area contributed by atoms with Crippen molar-refractivity contribution in [3.05, 3.63) is 0 Å². The van der Waals surface area contributed by atoms with Gasteiger partial charge in [-0.3, -0.25) is 4.79 Å². The number of carbonyl (C=O) groups is 2. The Morgan fingerprint density at radius 3 is 2.68 bits per heavy atom. The fourth-order valence-electron chi connectivity index (χ4n) is 3.80. The highest BCUT2D eigenvalue weighted by Crippen LogP contribution is 2.64. The van der Waals surface area contributed by atoms with Crippen LogP contribution < -0.4 is 0 Å². The molecule has 25 heavy (non-hydrogen) atoms. The van der Waals surface area contributed by atoms with Crippen LogP contribution in [0.5, 0.6) is 0 Å². The molecule has 5 atom stereocenters. The van der Waals surface area contributed by atoms with E-state index in [2.05, 4.69) is 0 Å². The minimum absolute atomic E-state index is 0.0845. The van der Waals surface area contributed by atoms with Crippen molar-refractivity contribution >= 4 is 35.5 Å². The summed E-state index contributed by atoms with van der Waals surface area (Å²) in [5.41, 5.74) is -0.193. The molecule has 0 amide bonds. The Kier molecular flexibility index (Phi) is 4.25. The van der Waals surface area contributed by atoms with E-state index in [9.17, 15) is 23.5 Å². The first-order valence-corrected chi connectivity index (χ1v) is 9.93. The molecule has 1 aliphatic carbocycles. The second kappa shape index (κ2) is 5.97. The summed E-state index contributed by atoms with van der Waals surface area (Å²) in [6.45, 7) is 0.534. The molecule has 4 fully saturated rings. The second-order valence-electron chi connectivity index (χ2n) is 6.93. The van der Waals surface area contributed by atoms with E-state index in [4.69, 9.17) is 14.2 Å². The van der Waals surface area contributed by atoms with Crippen LogP contribution in [0.4, 0.5) is 8.78 Å². The lowest BCUT2D eigenvalue weighted by molar-refractivity contribution is -0.176. The smallest absolute Gasteiger partial charge is 0.376 e. The molecule has 3 aliphatic heterocycles. The van der Waals surface area contributed by atoms with Crippen LogP contribution in [0.1, 0.15) is 32.6 Å². The third-order valence-corrected chi connectivity index (χ3v) is 8.94. The van der Waals surface area contributed by atoms with E-state index in [1.165, 1.54) is 0 Å². The average molecular weight is 396 g/mol. The molecule has 5 unspecified atom stereocenters. The molecule has 0 bridgehead atoms. The number of cyclic esters (lactones) is 1. The van der Waals surface area contributed by atoms with E-state index in [0.717, 1.165) is 0 Å². The van der Waals surface area contributed by atoms with Crippen LogP contribution in [-0.2, 0) is 23.8 Å². The van der Waals surface area contributed by atoms with Gasteiger partial charge in [-0.2, -0.15) is 8.78 Å². The predicted octanol–water partition coefficient (Wildman–Crippen LogP) is 1.89. The average Bonchev–Trinajstić information content (AvgIpc) is 3.11. The maximum absolute atomic E-state index is 13.0. The Balaban J connectivity index is 1.36. The second-order valence-corrected chi connectivity index (χ2v) is 10.2. The molecule has 6 nitrogen and oxygen atoms in total. The van der Waals surface area contributed by atoms with Gasteiger partial charge in [-0.05, 0) is 25.7 Å². The molecule has 0 radical (unpaired) electrons. The number of carbonyl (C=O) groups excluding carboxylic acids is 2. The molecule has 140 valence electrons.